The zero-order chi connectivity index (χ0) is 14.2. The van der Waals surface area contributed by atoms with Gasteiger partial charge in [-0.05, 0) is 18.2 Å². The number of rotatable bonds is 4. The molecule has 0 fully saturated rings. The van der Waals surface area contributed by atoms with E-state index in [2.05, 4.69) is 5.32 Å². The van der Waals surface area contributed by atoms with Gasteiger partial charge in [0, 0.05) is 31.3 Å². The Hall–Kier alpha value is -1.88. The van der Waals surface area contributed by atoms with E-state index in [-0.39, 0.29) is 23.8 Å². The van der Waals surface area contributed by atoms with Crippen molar-refractivity contribution in [3.05, 3.63) is 29.3 Å². The van der Waals surface area contributed by atoms with Gasteiger partial charge in [0.15, 0.2) is 0 Å². The van der Waals surface area contributed by atoms with E-state index in [1.165, 1.54) is 7.05 Å². The summed E-state index contributed by atoms with van der Waals surface area (Å²) in [6.45, 7) is 4.54. The third-order valence-corrected chi connectivity index (χ3v) is 3.29. The Balaban J connectivity index is 2.20. The standard InChI is InChI=1S/C14H18N2O3/c1-14(2,8-17)7-15-9-4-5-10-11(6-9)13(19)16(3)12(10)18/h4-6,15,17H,7-8H2,1-3H3. The second kappa shape index (κ2) is 4.66. The average molecular weight is 262 g/mol. The van der Waals surface area contributed by atoms with Gasteiger partial charge in [-0.15, -0.1) is 0 Å². The molecule has 0 aromatic heterocycles. The van der Waals surface area contributed by atoms with E-state index >= 15 is 0 Å². The number of aliphatic hydroxyl groups is 1. The fraction of sp³-hybridized carbons (Fsp3) is 0.429. The first-order valence-corrected chi connectivity index (χ1v) is 6.17. The minimum Gasteiger partial charge on any atom is -0.396 e. The molecule has 0 atom stereocenters. The van der Waals surface area contributed by atoms with Crippen LogP contribution in [0.4, 0.5) is 5.69 Å². The van der Waals surface area contributed by atoms with Crippen LogP contribution in [-0.4, -0.2) is 42.0 Å². The van der Waals surface area contributed by atoms with E-state index in [9.17, 15) is 14.7 Å². The topological polar surface area (TPSA) is 69.6 Å². The quantitative estimate of drug-likeness (QED) is 0.803. The van der Waals surface area contributed by atoms with Crippen molar-refractivity contribution < 1.29 is 14.7 Å². The monoisotopic (exact) mass is 262 g/mol. The summed E-state index contributed by atoms with van der Waals surface area (Å²) in [5.74, 6) is -0.535. The minimum absolute atomic E-state index is 0.0745. The second-order valence-electron chi connectivity index (χ2n) is 5.61. The highest BCUT2D eigenvalue weighted by Gasteiger charge is 2.32. The molecule has 1 aromatic rings. The average Bonchev–Trinajstić information content (AvgIpc) is 2.62. The van der Waals surface area contributed by atoms with Crippen molar-refractivity contribution in [1.82, 2.24) is 4.90 Å². The number of imide groups is 1. The first-order chi connectivity index (χ1) is 8.85. The van der Waals surface area contributed by atoms with Gasteiger partial charge in [0.2, 0.25) is 0 Å². The van der Waals surface area contributed by atoms with Crippen molar-refractivity contribution in [3.63, 3.8) is 0 Å². The van der Waals surface area contributed by atoms with Crippen molar-refractivity contribution in [2.45, 2.75) is 13.8 Å². The number of benzene rings is 1. The molecule has 0 bridgehead atoms. The van der Waals surface area contributed by atoms with E-state index in [0.717, 1.165) is 10.6 Å². The van der Waals surface area contributed by atoms with Crippen LogP contribution in [0.1, 0.15) is 34.6 Å². The molecule has 2 rings (SSSR count). The summed E-state index contributed by atoms with van der Waals surface area (Å²) in [6, 6.07) is 5.12. The lowest BCUT2D eigenvalue weighted by atomic mass is 9.95. The third kappa shape index (κ3) is 2.46. The molecule has 0 unspecified atom stereocenters. The predicted molar refractivity (Wildman–Crippen MR) is 72.2 cm³/mol. The molecule has 0 radical (unpaired) electrons. The van der Waals surface area contributed by atoms with Crippen LogP contribution in [0.3, 0.4) is 0 Å². The van der Waals surface area contributed by atoms with Gasteiger partial charge in [-0.1, -0.05) is 13.8 Å². The summed E-state index contributed by atoms with van der Waals surface area (Å²) in [5, 5.41) is 12.4. The fourth-order valence-corrected chi connectivity index (χ4v) is 1.87. The Labute approximate surface area is 112 Å². The molecular formula is C14H18N2O3. The molecule has 0 aliphatic carbocycles. The maximum absolute atomic E-state index is 11.9. The Morgan fingerprint density at radius 3 is 2.47 bits per heavy atom. The van der Waals surface area contributed by atoms with Crippen LogP contribution in [0, 0.1) is 5.41 Å². The number of aliphatic hydroxyl groups excluding tert-OH is 1. The van der Waals surface area contributed by atoms with Gasteiger partial charge >= 0.3 is 0 Å². The molecule has 102 valence electrons. The van der Waals surface area contributed by atoms with Crippen LogP contribution in [0.5, 0.6) is 0 Å². The maximum atomic E-state index is 11.9. The normalized spacial score (nSPS) is 14.8. The molecule has 1 heterocycles. The number of carbonyl (C=O) groups is 2. The molecule has 0 saturated carbocycles. The van der Waals surface area contributed by atoms with Crippen LogP contribution in [-0.2, 0) is 0 Å². The van der Waals surface area contributed by atoms with Crippen molar-refractivity contribution >= 4 is 17.5 Å². The van der Waals surface area contributed by atoms with E-state index in [0.29, 0.717) is 17.7 Å². The molecule has 2 N–H and O–H groups in total. The Bertz CT molecular complexity index is 537. The van der Waals surface area contributed by atoms with E-state index in [4.69, 9.17) is 0 Å². The SMILES string of the molecule is CN1C(=O)c2ccc(NCC(C)(C)CO)cc2C1=O. The first-order valence-electron chi connectivity index (χ1n) is 6.17. The number of nitrogens with one attached hydrogen (secondary N) is 1. The van der Waals surface area contributed by atoms with Crippen LogP contribution >= 0.6 is 0 Å². The van der Waals surface area contributed by atoms with Gasteiger partial charge < -0.3 is 10.4 Å². The smallest absolute Gasteiger partial charge is 0.261 e. The van der Waals surface area contributed by atoms with E-state index in [1.54, 1.807) is 18.2 Å². The van der Waals surface area contributed by atoms with Crippen molar-refractivity contribution in [2.24, 2.45) is 5.41 Å². The first kappa shape index (κ1) is 13.5. The Morgan fingerprint density at radius 1 is 1.21 bits per heavy atom. The van der Waals surface area contributed by atoms with Gasteiger partial charge in [-0.3, -0.25) is 14.5 Å². The second-order valence-corrected chi connectivity index (χ2v) is 5.61. The third-order valence-electron chi connectivity index (χ3n) is 3.29. The molecule has 0 spiro atoms. The summed E-state index contributed by atoms with van der Waals surface area (Å²) in [5.41, 5.74) is 1.41. The highest BCUT2D eigenvalue weighted by atomic mass is 16.3. The predicted octanol–water partition coefficient (Wildman–Crippen LogP) is 1.34. The minimum atomic E-state index is -0.273. The lowest BCUT2D eigenvalue weighted by Crippen LogP contribution is -2.26. The van der Waals surface area contributed by atoms with Crippen LogP contribution < -0.4 is 5.32 Å². The van der Waals surface area contributed by atoms with Crippen LogP contribution in [0.2, 0.25) is 0 Å². The summed E-state index contributed by atoms with van der Waals surface area (Å²) >= 11 is 0. The van der Waals surface area contributed by atoms with Gasteiger partial charge in [-0.2, -0.15) is 0 Å². The molecule has 5 nitrogen and oxygen atoms in total. The van der Waals surface area contributed by atoms with E-state index in [1.807, 2.05) is 13.8 Å². The zero-order valence-electron chi connectivity index (χ0n) is 11.4. The molecule has 5 heteroatoms. The zero-order valence-corrected chi connectivity index (χ0v) is 11.4. The largest absolute Gasteiger partial charge is 0.396 e. The number of fused-ring (bicyclic) bond motifs is 1. The number of nitrogens with zero attached hydrogens (tertiary/aromatic N) is 1. The number of hydrogen-bond donors (Lipinski definition) is 2. The van der Waals surface area contributed by atoms with Crippen LogP contribution in [0.25, 0.3) is 0 Å². The maximum Gasteiger partial charge on any atom is 0.261 e. The van der Waals surface area contributed by atoms with Crippen molar-refractivity contribution in [3.8, 4) is 0 Å². The molecule has 19 heavy (non-hydrogen) atoms. The lowest BCUT2D eigenvalue weighted by molar-refractivity contribution is 0.0693. The number of amides is 2. The molecule has 1 aromatic carbocycles. The Morgan fingerprint density at radius 2 is 1.84 bits per heavy atom. The Kier molecular flexibility index (Phi) is 3.32. The van der Waals surface area contributed by atoms with Gasteiger partial charge in [0.05, 0.1) is 11.1 Å². The summed E-state index contributed by atoms with van der Waals surface area (Å²) in [7, 11) is 1.48. The summed E-state index contributed by atoms with van der Waals surface area (Å²) in [4.78, 5) is 24.7. The molecule has 2 amide bonds. The van der Waals surface area contributed by atoms with Crippen LogP contribution in [0.15, 0.2) is 18.2 Å². The number of anilines is 1. The highest BCUT2D eigenvalue weighted by molar-refractivity contribution is 6.21. The molecule has 0 saturated heterocycles. The fourth-order valence-electron chi connectivity index (χ4n) is 1.87. The van der Waals surface area contributed by atoms with Crippen molar-refractivity contribution in [1.29, 1.82) is 0 Å². The molecule has 1 aliphatic heterocycles. The van der Waals surface area contributed by atoms with Gasteiger partial charge in [-0.25, -0.2) is 0 Å². The van der Waals surface area contributed by atoms with Gasteiger partial charge in [0.25, 0.3) is 11.8 Å². The molecular weight excluding hydrogens is 244 g/mol. The summed E-state index contributed by atoms with van der Waals surface area (Å²) in [6.07, 6.45) is 0. The lowest BCUT2D eigenvalue weighted by Gasteiger charge is -2.22. The van der Waals surface area contributed by atoms with Gasteiger partial charge in [0.1, 0.15) is 0 Å². The summed E-state index contributed by atoms with van der Waals surface area (Å²) < 4.78 is 0. The van der Waals surface area contributed by atoms with E-state index < -0.39 is 0 Å². The highest BCUT2D eigenvalue weighted by Crippen LogP contribution is 2.25. The number of hydrogen-bond acceptors (Lipinski definition) is 4. The molecule has 1 aliphatic rings. The van der Waals surface area contributed by atoms with Crippen molar-refractivity contribution in [2.75, 3.05) is 25.5 Å². The number of carbonyl (C=O) groups excluding carboxylic acids is 2.